The Bertz CT molecular complexity index is 452. The SMILES string of the molecule is COc1nc(N(C)C)sc1CNCC1(O)CCOC1C. The first-order chi connectivity index (χ1) is 9.46. The van der Waals surface area contributed by atoms with Crippen LogP contribution in [0.4, 0.5) is 5.13 Å². The Hall–Kier alpha value is -0.890. The van der Waals surface area contributed by atoms with Gasteiger partial charge in [-0.05, 0) is 6.92 Å². The third-order valence-electron chi connectivity index (χ3n) is 3.60. The summed E-state index contributed by atoms with van der Waals surface area (Å²) in [7, 11) is 5.53. The summed E-state index contributed by atoms with van der Waals surface area (Å²) in [5, 5.41) is 14.6. The zero-order valence-electron chi connectivity index (χ0n) is 12.5. The average Bonchev–Trinajstić information content (AvgIpc) is 2.95. The lowest BCUT2D eigenvalue weighted by molar-refractivity contribution is -0.0262. The van der Waals surface area contributed by atoms with E-state index in [1.54, 1.807) is 18.4 Å². The Morgan fingerprint density at radius 2 is 2.35 bits per heavy atom. The van der Waals surface area contributed by atoms with Gasteiger partial charge >= 0.3 is 0 Å². The van der Waals surface area contributed by atoms with E-state index in [1.165, 1.54) is 0 Å². The normalized spacial score (nSPS) is 25.9. The van der Waals surface area contributed by atoms with Gasteiger partial charge in [-0.3, -0.25) is 0 Å². The maximum absolute atomic E-state index is 10.4. The molecule has 1 aliphatic heterocycles. The lowest BCUT2D eigenvalue weighted by Gasteiger charge is -2.26. The monoisotopic (exact) mass is 301 g/mol. The van der Waals surface area contributed by atoms with Crippen LogP contribution in [0.2, 0.25) is 0 Å². The Labute approximate surface area is 123 Å². The lowest BCUT2D eigenvalue weighted by Crippen LogP contribution is -2.45. The quantitative estimate of drug-likeness (QED) is 0.812. The van der Waals surface area contributed by atoms with Crippen LogP contribution in [-0.4, -0.2) is 56.2 Å². The van der Waals surface area contributed by atoms with E-state index in [2.05, 4.69) is 10.3 Å². The molecule has 6 nitrogen and oxygen atoms in total. The van der Waals surface area contributed by atoms with Crippen molar-refractivity contribution in [3.05, 3.63) is 4.88 Å². The summed E-state index contributed by atoms with van der Waals surface area (Å²) >= 11 is 1.59. The Morgan fingerprint density at radius 3 is 2.90 bits per heavy atom. The molecule has 2 rings (SSSR count). The molecule has 1 fully saturated rings. The fourth-order valence-corrected chi connectivity index (χ4v) is 3.11. The Kier molecular flexibility index (Phi) is 4.85. The number of anilines is 1. The molecule has 0 aliphatic carbocycles. The first-order valence-electron chi connectivity index (χ1n) is 6.72. The zero-order chi connectivity index (χ0) is 14.8. The number of hydrogen-bond acceptors (Lipinski definition) is 7. The van der Waals surface area contributed by atoms with E-state index in [-0.39, 0.29) is 6.10 Å². The van der Waals surface area contributed by atoms with Crippen molar-refractivity contribution in [1.82, 2.24) is 10.3 Å². The molecule has 0 bridgehead atoms. The molecule has 0 spiro atoms. The predicted octanol–water partition coefficient (Wildman–Crippen LogP) is 0.847. The van der Waals surface area contributed by atoms with Crippen LogP contribution >= 0.6 is 11.3 Å². The van der Waals surface area contributed by atoms with Gasteiger partial charge in [0.1, 0.15) is 5.60 Å². The molecule has 114 valence electrons. The van der Waals surface area contributed by atoms with Gasteiger partial charge in [-0.25, -0.2) is 0 Å². The van der Waals surface area contributed by atoms with Gasteiger partial charge in [0.05, 0.1) is 18.1 Å². The summed E-state index contributed by atoms with van der Waals surface area (Å²) < 4.78 is 10.7. The van der Waals surface area contributed by atoms with E-state index in [0.717, 1.165) is 10.0 Å². The Morgan fingerprint density at radius 1 is 1.60 bits per heavy atom. The highest BCUT2D eigenvalue weighted by Gasteiger charge is 2.39. The van der Waals surface area contributed by atoms with Gasteiger partial charge in [0.2, 0.25) is 5.88 Å². The third-order valence-corrected chi connectivity index (χ3v) is 4.81. The molecule has 1 aromatic rings. The topological polar surface area (TPSA) is 66.9 Å². The van der Waals surface area contributed by atoms with Crippen LogP contribution in [0.3, 0.4) is 0 Å². The fourth-order valence-electron chi connectivity index (χ4n) is 2.18. The average molecular weight is 301 g/mol. The predicted molar refractivity (Wildman–Crippen MR) is 79.7 cm³/mol. The highest BCUT2D eigenvalue weighted by molar-refractivity contribution is 7.15. The highest BCUT2D eigenvalue weighted by Crippen LogP contribution is 2.30. The van der Waals surface area contributed by atoms with Gasteiger partial charge < -0.3 is 24.8 Å². The zero-order valence-corrected chi connectivity index (χ0v) is 13.3. The Balaban J connectivity index is 1.93. The number of methoxy groups -OCH3 is 1. The molecule has 2 atom stereocenters. The van der Waals surface area contributed by atoms with E-state index in [0.29, 0.717) is 32.0 Å². The number of rotatable bonds is 6. The van der Waals surface area contributed by atoms with Crippen LogP contribution < -0.4 is 15.0 Å². The van der Waals surface area contributed by atoms with Gasteiger partial charge in [0, 0.05) is 40.2 Å². The molecular formula is C13H23N3O3S. The minimum atomic E-state index is -0.775. The lowest BCUT2D eigenvalue weighted by atomic mass is 9.97. The van der Waals surface area contributed by atoms with Crippen molar-refractivity contribution in [2.75, 3.05) is 39.3 Å². The third kappa shape index (κ3) is 3.22. The smallest absolute Gasteiger partial charge is 0.230 e. The molecule has 20 heavy (non-hydrogen) atoms. The van der Waals surface area contributed by atoms with Gasteiger partial charge in [-0.2, -0.15) is 4.98 Å². The number of aromatic nitrogens is 1. The highest BCUT2D eigenvalue weighted by atomic mass is 32.1. The molecule has 0 aromatic carbocycles. The fraction of sp³-hybridized carbons (Fsp3) is 0.769. The number of nitrogens with zero attached hydrogens (tertiary/aromatic N) is 2. The summed E-state index contributed by atoms with van der Waals surface area (Å²) in [6.45, 7) is 3.66. The van der Waals surface area contributed by atoms with Crippen LogP contribution in [-0.2, 0) is 11.3 Å². The van der Waals surface area contributed by atoms with Gasteiger partial charge in [-0.15, -0.1) is 0 Å². The van der Waals surface area contributed by atoms with E-state index >= 15 is 0 Å². The molecule has 1 aromatic heterocycles. The van der Waals surface area contributed by atoms with Crippen molar-refractivity contribution >= 4 is 16.5 Å². The number of aliphatic hydroxyl groups is 1. The molecule has 2 N–H and O–H groups in total. The number of thiazole rings is 1. The first-order valence-corrected chi connectivity index (χ1v) is 7.53. The molecule has 1 saturated heterocycles. The summed E-state index contributed by atoms with van der Waals surface area (Å²) in [5.41, 5.74) is -0.775. The second kappa shape index (κ2) is 6.26. The van der Waals surface area contributed by atoms with Gasteiger partial charge in [0.15, 0.2) is 5.13 Å². The summed E-state index contributed by atoms with van der Waals surface area (Å²) in [5.74, 6) is 0.647. The summed E-state index contributed by atoms with van der Waals surface area (Å²) in [6, 6.07) is 0. The van der Waals surface area contributed by atoms with Crippen LogP contribution in [0.1, 0.15) is 18.2 Å². The van der Waals surface area contributed by atoms with Crippen molar-refractivity contribution in [2.24, 2.45) is 0 Å². The van der Waals surface area contributed by atoms with Crippen LogP contribution in [0.5, 0.6) is 5.88 Å². The second-order valence-corrected chi connectivity index (χ2v) is 6.36. The van der Waals surface area contributed by atoms with Crippen molar-refractivity contribution in [3.63, 3.8) is 0 Å². The largest absolute Gasteiger partial charge is 0.480 e. The maximum Gasteiger partial charge on any atom is 0.230 e. The minimum absolute atomic E-state index is 0.129. The molecule has 0 amide bonds. The molecular weight excluding hydrogens is 278 g/mol. The summed E-state index contributed by atoms with van der Waals surface area (Å²) in [4.78, 5) is 7.40. The van der Waals surface area contributed by atoms with Crippen LogP contribution in [0, 0.1) is 0 Å². The molecule has 2 unspecified atom stereocenters. The number of ether oxygens (including phenoxy) is 2. The molecule has 2 heterocycles. The van der Waals surface area contributed by atoms with Gasteiger partial charge in [-0.1, -0.05) is 11.3 Å². The van der Waals surface area contributed by atoms with Crippen LogP contribution in [0.25, 0.3) is 0 Å². The van der Waals surface area contributed by atoms with Gasteiger partial charge in [0.25, 0.3) is 0 Å². The van der Waals surface area contributed by atoms with Crippen molar-refractivity contribution in [2.45, 2.75) is 31.6 Å². The standard InChI is InChI=1S/C13H23N3O3S/c1-9-13(17,5-6-19-9)8-14-7-10-11(18-4)15-12(20-10)16(2)3/h9,14,17H,5-8H2,1-4H3. The number of hydrogen-bond donors (Lipinski definition) is 2. The minimum Gasteiger partial charge on any atom is -0.480 e. The molecule has 7 heteroatoms. The van der Waals surface area contributed by atoms with Crippen molar-refractivity contribution in [1.29, 1.82) is 0 Å². The van der Waals surface area contributed by atoms with Crippen molar-refractivity contribution < 1.29 is 14.6 Å². The van der Waals surface area contributed by atoms with E-state index in [1.807, 2.05) is 25.9 Å². The molecule has 0 radical (unpaired) electrons. The summed E-state index contributed by atoms with van der Waals surface area (Å²) in [6.07, 6.45) is 0.542. The van der Waals surface area contributed by atoms with Crippen LogP contribution in [0.15, 0.2) is 0 Å². The van der Waals surface area contributed by atoms with E-state index in [4.69, 9.17) is 9.47 Å². The molecule has 1 aliphatic rings. The first kappa shape index (κ1) is 15.5. The molecule has 0 saturated carbocycles. The van der Waals surface area contributed by atoms with E-state index in [9.17, 15) is 5.11 Å². The second-order valence-electron chi connectivity index (χ2n) is 5.29. The number of nitrogens with one attached hydrogen (secondary N) is 1. The maximum atomic E-state index is 10.4. The van der Waals surface area contributed by atoms with E-state index < -0.39 is 5.60 Å². The van der Waals surface area contributed by atoms with Crippen molar-refractivity contribution in [3.8, 4) is 5.88 Å².